The topological polar surface area (TPSA) is 0 Å². The van der Waals surface area contributed by atoms with E-state index in [1.165, 1.54) is 12.0 Å². The molecular weight excluding hydrogens is 283 g/mol. The molecule has 0 amide bonds. The molecular formula is C15H20Rh. The Bertz CT molecular complexity index is 442. The minimum absolute atomic E-state index is 0.293. The van der Waals surface area contributed by atoms with Crippen molar-refractivity contribution in [3.05, 3.63) is 43.3 Å². The summed E-state index contributed by atoms with van der Waals surface area (Å²) >= 11 is 0.464. The second kappa shape index (κ2) is 4.11. The van der Waals surface area contributed by atoms with E-state index in [0.29, 0.717) is 22.5 Å². The van der Waals surface area contributed by atoms with E-state index in [1.807, 2.05) is 0 Å². The zero-order chi connectivity index (χ0) is 11.9. The van der Waals surface area contributed by atoms with Gasteiger partial charge in [0.15, 0.2) is 0 Å². The Morgan fingerprint density at radius 2 is 1.81 bits per heavy atom. The van der Waals surface area contributed by atoms with Gasteiger partial charge in [-0.05, 0) is 0 Å². The van der Waals surface area contributed by atoms with Gasteiger partial charge in [0.05, 0.1) is 0 Å². The van der Waals surface area contributed by atoms with Gasteiger partial charge >= 0.3 is 107 Å². The summed E-state index contributed by atoms with van der Waals surface area (Å²) < 4.78 is 3.32. The van der Waals surface area contributed by atoms with Gasteiger partial charge in [-0.25, -0.2) is 0 Å². The molecule has 0 aromatic heterocycles. The van der Waals surface area contributed by atoms with Gasteiger partial charge in [-0.2, -0.15) is 0 Å². The minimum atomic E-state index is 0.293. The fourth-order valence-corrected chi connectivity index (χ4v) is 4.89. The number of hydrogen-bond acceptors (Lipinski definition) is 0. The van der Waals surface area contributed by atoms with Crippen molar-refractivity contribution < 1.29 is 17.1 Å². The number of hydrogen-bond donors (Lipinski definition) is 0. The molecule has 0 spiro atoms. The van der Waals surface area contributed by atoms with Crippen molar-refractivity contribution in [1.29, 1.82) is 0 Å². The molecule has 0 nitrogen and oxygen atoms in total. The van der Waals surface area contributed by atoms with Gasteiger partial charge < -0.3 is 0 Å². The van der Waals surface area contributed by atoms with Gasteiger partial charge in [-0.15, -0.1) is 0 Å². The van der Waals surface area contributed by atoms with Crippen LogP contribution in [0, 0.1) is 5.41 Å². The van der Waals surface area contributed by atoms with Gasteiger partial charge in [-0.3, -0.25) is 0 Å². The summed E-state index contributed by atoms with van der Waals surface area (Å²) in [5, 5.41) is 0. The van der Waals surface area contributed by atoms with Gasteiger partial charge in [0, 0.05) is 0 Å². The summed E-state index contributed by atoms with van der Waals surface area (Å²) in [6.45, 7) is 11.6. The molecule has 89 valence electrons. The van der Waals surface area contributed by atoms with Gasteiger partial charge in [0.25, 0.3) is 0 Å². The Labute approximate surface area is 107 Å². The number of rotatable bonds is 2. The second-order valence-corrected chi connectivity index (χ2v) is 7.37. The summed E-state index contributed by atoms with van der Waals surface area (Å²) in [6.07, 6.45) is 7.95. The molecule has 0 fully saturated rings. The molecule has 2 aliphatic rings. The maximum atomic E-state index is 2.38. The van der Waals surface area contributed by atoms with Crippen LogP contribution in [0.2, 0.25) is 0 Å². The molecule has 0 heterocycles. The van der Waals surface area contributed by atoms with Crippen molar-refractivity contribution in [3.63, 3.8) is 0 Å². The molecule has 0 unspecified atom stereocenters. The zero-order valence-electron chi connectivity index (χ0n) is 10.8. The first-order valence-electron chi connectivity index (χ1n) is 5.80. The molecule has 0 aliphatic heterocycles. The van der Waals surface area contributed by atoms with E-state index in [1.54, 1.807) is 19.5 Å². The Morgan fingerprint density at radius 3 is 2.25 bits per heavy atom. The van der Waals surface area contributed by atoms with Crippen LogP contribution in [0.3, 0.4) is 0 Å². The van der Waals surface area contributed by atoms with Crippen LogP contribution < -0.4 is 0 Å². The molecule has 2 aliphatic carbocycles. The van der Waals surface area contributed by atoms with E-state index in [9.17, 15) is 0 Å². The number of allylic oxidation sites excluding steroid dienone is 8. The third kappa shape index (κ3) is 1.80. The van der Waals surface area contributed by atoms with Crippen molar-refractivity contribution in [2.75, 3.05) is 0 Å². The predicted octanol–water partition coefficient (Wildman–Crippen LogP) is 4.56. The molecule has 0 N–H and O–H groups in total. The zero-order valence-corrected chi connectivity index (χ0v) is 12.4. The summed E-state index contributed by atoms with van der Waals surface area (Å²) in [5.74, 6) is 0. The Balaban J connectivity index is 2.29. The van der Waals surface area contributed by atoms with E-state index in [4.69, 9.17) is 0 Å². The fourth-order valence-electron chi connectivity index (χ4n) is 2.28. The molecule has 0 aromatic rings. The first kappa shape index (κ1) is 12.1. The monoisotopic (exact) mass is 303 g/mol. The van der Waals surface area contributed by atoms with E-state index in [2.05, 4.69) is 52.8 Å². The van der Waals surface area contributed by atoms with Crippen LogP contribution in [0.4, 0.5) is 0 Å². The van der Waals surface area contributed by atoms with Gasteiger partial charge in [0.2, 0.25) is 0 Å². The molecule has 0 bridgehead atoms. The van der Waals surface area contributed by atoms with Crippen LogP contribution >= 0.6 is 0 Å². The Kier molecular flexibility index (Phi) is 3.10. The fraction of sp³-hybridized carbons (Fsp3) is 0.467. The molecule has 0 radical (unpaired) electrons. The van der Waals surface area contributed by atoms with Crippen LogP contribution in [0.1, 0.15) is 41.0 Å². The second-order valence-electron chi connectivity index (χ2n) is 5.09. The van der Waals surface area contributed by atoms with Crippen LogP contribution in [0.5, 0.6) is 0 Å². The summed E-state index contributed by atoms with van der Waals surface area (Å²) in [4.78, 5) is 0. The normalized spacial score (nSPS) is 23.7. The summed E-state index contributed by atoms with van der Waals surface area (Å²) in [7, 11) is 0. The third-order valence-electron chi connectivity index (χ3n) is 3.80. The first-order chi connectivity index (χ1) is 7.44. The van der Waals surface area contributed by atoms with Crippen LogP contribution in [-0.2, 0) is 17.1 Å². The quantitative estimate of drug-likeness (QED) is 0.656. The average molecular weight is 303 g/mol. The van der Waals surface area contributed by atoms with Gasteiger partial charge in [0.1, 0.15) is 0 Å². The van der Waals surface area contributed by atoms with E-state index in [0.717, 1.165) is 0 Å². The summed E-state index contributed by atoms with van der Waals surface area (Å²) in [5.41, 5.74) is 4.94. The van der Waals surface area contributed by atoms with Crippen molar-refractivity contribution >= 4 is 0 Å². The Morgan fingerprint density at radius 1 is 1.12 bits per heavy atom. The standard InChI is InChI=1S/C10H15.C5H5.Rh/c1-7-6-10(4,5)9(3)8(7)2;1-2-4-5-3-1;/h1-5H3;1-3H,4H2;. The predicted molar refractivity (Wildman–Crippen MR) is 66.7 cm³/mol. The van der Waals surface area contributed by atoms with Crippen molar-refractivity contribution in [2.45, 2.75) is 41.0 Å². The van der Waals surface area contributed by atoms with Crippen LogP contribution in [0.25, 0.3) is 0 Å². The van der Waals surface area contributed by atoms with Crippen molar-refractivity contribution in [1.82, 2.24) is 0 Å². The van der Waals surface area contributed by atoms with Crippen molar-refractivity contribution in [3.8, 4) is 0 Å². The molecule has 0 aromatic carbocycles. The molecule has 16 heavy (non-hydrogen) atoms. The molecule has 1 heteroatoms. The SMILES string of the molecule is CC1=C(C)C(C)(C)[C]([Rh][C]2=CC=CC2)=C1C. The van der Waals surface area contributed by atoms with Crippen molar-refractivity contribution in [2.24, 2.45) is 5.41 Å². The third-order valence-corrected chi connectivity index (χ3v) is 6.98. The van der Waals surface area contributed by atoms with E-state index >= 15 is 0 Å². The average Bonchev–Trinajstić information content (AvgIpc) is 2.78. The summed E-state index contributed by atoms with van der Waals surface area (Å²) in [6, 6.07) is 0. The Hall–Kier alpha value is -0.417. The van der Waals surface area contributed by atoms with E-state index in [-0.39, 0.29) is 0 Å². The van der Waals surface area contributed by atoms with E-state index < -0.39 is 0 Å². The van der Waals surface area contributed by atoms with Gasteiger partial charge in [-0.1, -0.05) is 0 Å². The molecule has 0 atom stereocenters. The molecule has 0 saturated carbocycles. The molecule has 2 rings (SSSR count). The maximum absolute atomic E-state index is 2.38. The van der Waals surface area contributed by atoms with Crippen LogP contribution in [-0.4, -0.2) is 0 Å². The molecule has 0 saturated heterocycles. The van der Waals surface area contributed by atoms with Crippen LogP contribution in [0.15, 0.2) is 43.3 Å². The first-order valence-corrected chi connectivity index (χ1v) is 7.44.